The lowest BCUT2D eigenvalue weighted by atomic mass is 10.1. The summed E-state index contributed by atoms with van der Waals surface area (Å²) in [4.78, 5) is 38.9. The van der Waals surface area contributed by atoms with Crippen LogP contribution in [0.1, 0.15) is 5.56 Å². The van der Waals surface area contributed by atoms with E-state index in [0.717, 1.165) is 0 Å². The molecule has 1 aromatic heterocycles. The first kappa shape index (κ1) is 16.2. The molecule has 2 aromatic rings. The van der Waals surface area contributed by atoms with Gasteiger partial charge in [0, 0.05) is 41.9 Å². The van der Waals surface area contributed by atoms with E-state index in [-0.39, 0.29) is 29.6 Å². The highest BCUT2D eigenvalue weighted by Crippen LogP contribution is 2.26. The Kier molecular flexibility index (Phi) is 4.34. The third-order valence-corrected chi connectivity index (χ3v) is 4.87. The van der Waals surface area contributed by atoms with Crippen molar-refractivity contribution in [3.05, 3.63) is 56.5 Å². The minimum Gasteiger partial charge on any atom is -0.326 e. The van der Waals surface area contributed by atoms with E-state index < -0.39 is 4.92 Å². The Bertz CT molecular complexity index is 863. The number of benzene rings is 1. The molecule has 0 bridgehead atoms. The molecule has 0 radical (unpaired) electrons. The van der Waals surface area contributed by atoms with E-state index in [1.54, 1.807) is 13.1 Å². The fourth-order valence-corrected chi connectivity index (χ4v) is 3.42. The van der Waals surface area contributed by atoms with Gasteiger partial charge < -0.3 is 5.32 Å². The largest absolute Gasteiger partial charge is 0.326 e. The summed E-state index contributed by atoms with van der Waals surface area (Å²) in [6, 6.07) is 5.63. The average Bonchev–Trinajstić information content (AvgIpc) is 2.58. The molecule has 1 N–H and O–H groups in total. The Labute approximate surface area is 141 Å². The van der Waals surface area contributed by atoms with Crippen molar-refractivity contribution in [3.8, 4) is 0 Å². The van der Waals surface area contributed by atoms with Gasteiger partial charge in [-0.25, -0.2) is 4.98 Å². The second-order valence-corrected chi connectivity index (χ2v) is 6.43. The number of nitro groups is 1. The number of hydrogen-bond donors (Lipinski definition) is 1. The number of carbonyl (C=O) groups excluding carboxylic acids is 1. The lowest BCUT2D eigenvalue weighted by Gasteiger charge is -2.24. The van der Waals surface area contributed by atoms with E-state index in [2.05, 4.69) is 10.3 Å². The molecule has 1 aliphatic rings. The molecule has 0 saturated carbocycles. The summed E-state index contributed by atoms with van der Waals surface area (Å²) >= 11 is 1.37. The average molecular weight is 346 g/mol. The summed E-state index contributed by atoms with van der Waals surface area (Å²) in [5, 5.41) is 14.0. The minimum absolute atomic E-state index is 0.0387. The van der Waals surface area contributed by atoms with Gasteiger partial charge in [0.1, 0.15) is 0 Å². The highest BCUT2D eigenvalue weighted by atomic mass is 32.2. The smallest absolute Gasteiger partial charge is 0.269 e. The number of thioether (sulfide) groups is 1. The Morgan fingerprint density at radius 2 is 2.12 bits per heavy atom. The molecular weight excluding hydrogens is 332 g/mol. The molecule has 3 rings (SSSR count). The number of aryl methyl sites for hydroxylation is 1. The van der Waals surface area contributed by atoms with E-state index in [1.165, 1.54) is 40.6 Å². The number of nitro benzene ring substituents is 1. The van der Waals surface area contributed by atoms with Crippen LogP contribution in [0.25, 0.3) is 0 Å². The summed E-state index contributed by atoms with van der Waals surface area (Å²) < 4.78 is 1.52. The van der Waals surface area contributed by atoms with Gasteiger partial charge in [0.05, 0.1) is 10.8 Å². The lowest BCUT2D eigenvalue weighted by molar-refractivity contribution is -0.384. The second kappa shape index (κ2) is 6.44. The van der Waals surface area contributed by atoms with Gasteiger partial charge in [0.2, 0.25) is 5.91 Å². The van der Waals surface area contributed by atoms with Crippen LogP contribution in [0, 0.1) is 23.0 Å². The Hall–Kier alpha value is -2.68. The Balaban J connectivity index is 1.73. The van der Waals surface area contributed by atoms with Crippen molar-refractivity contribution in [1.82, 2.24) is 9.55 Å². The third-order valence-electron chi connectivity index (χ3n) is 3.72. The first-order chi connectivity index (χ1) is 11.5. The molecule has 2 heterocycles. The molecule has 0 aliphatic carbocycles. The lowest BCUT2D eigenvalue weighted by Crippen LogP contribution is -2.37. The maximum atomic E-state index is 12.4. The van der Waals surface area contributed by atoms with Crippen LogP contribution in [-0.2, 0) is 11.3 Å². The van der Waals surface area contributed by atoms with Gasteiger partial charge in [0.15, 0.2) is 5.16 Å². The molecule has 0 fully saturated rings. The fourth-order valence-electron chi connectivity index (χ4n) is 2.37. The number of rotatable bonds is 3. The molecule has 8 nitrogen and oxygen atoms in total. The summed E-state index contributed by atoms with van der Waals surface area (Å²) in [6.07, 6.45) is 1.54. The summed E-state index contributed by atoms with van der Waals surface area (Å²) in [5.74, 6) is -0.0803. The summed E-state index contributed by atoms with van der Waals surface area (Å²) in [6.45, 7) is 1.96. The van der Waals surface area contributed by atoms with Crippen LogP contribution >= 0.6 is 11.8 Å². The van der Waals surface area contributed by atoms with Crippen LogP contribution < -0.4 is 10.9 Å². The number of nitrogens with zero attached hydrogens (tertiary/aromatic N) is 3. The SMILES string of the molecule is Cc1cnc2n(c1=O)CC(C(=O)Nc1ccc([N+](=O)[O-])cc1)CS2. The Morgan fingerprint density at radius 1 is 1.42 bits per heavy atom. The molecule has 24 heavy (non-hydrogen) atoms. The van der Waals surface area contributed by atoms with Crippen molar-refractivity contribution in [1.29, 1.82) is 0 Å². The normalized spacial score (nSPS) is 16.3. The number of fused-ring (bicyclic) bond motifs is 1. The van der Waals surface area contributed by atoms with Crippen molar-refractivity contribution in [2.24, 2.45) is 5.92 Å². The van der Waals surface area contributed by atoms with Crippen LogP contribution in [0.15, 0.2) is 40.4 Å². The zero-order chi connectivity index (χ0) is 17.3. The van der Waals surface area contributed by atoms with Gasteiger partial charge in [-0.05, 0) is 19.1 Å². The minimum atomic E-state index is -0.498. The van der Waals surface area contributed by atoms with Gasteiger partial charge in [-0.1, -0.05) is 11.8 Å². The molecule has 1 amide bonds. The van der Waals surface area contributed by atoms with Crippen LogP contribution in [0.4, 0.5) is 11.4 Å². The molecular formula is C15H14N4O4S. The van der Waals surface area contributed by atoms with E-state index in [1.807, 2.05) is 0 Å². The monoisotopic (exact) mass is 346 g/mol. The predicted molar refractivity (Wildman–Crippen MR) is 89.2 cm³/mol. The van der Waals surface area contributed by atoms with E-state index >= 15 is 0 Å². The zero-order valence-corrected chi connectivity index (χ0v) is 13.6. The van der Waals surface area contributed by atoms with E-state index in [4.69, 9.17) is 0 Å². The Morgan fingerprint density at radius 3 is 2.79 bits per heavy atom. The number of aromatic nitrogens is 2. The molecule has 0 saturated heterocycles. The molecule has 9 heteroatoms. The topological polar surface area (TPSA) is 107 Å². The fraction of sp³-hybridized carbons (Fsp3) is 0.267. The predicted octanol–water partition coefficient (Wildman–Crippen LogP) is 1.82. The maximum Gasteiger partial charge on any atom is 0.269 e. The highest BCUT2D eigenvalue weighted by Gasteiger charge is 2.27. The van der Waals surface area contributed by atoms with Crippen LogP contribution in [0.2, 0.25) is 0 Å². The summed E-state index contributed by atoms with van der Waals surface area (Å²) in [7, 11) is 0. The first-order valence-electron chi connectivity index (χ1n) is 7.20. The molecule has 1 atom stereocenters. The summed E-state index contributed by atoms with van der Waals surface area (Å²) in [5.41, 5.74) is 0.843. The van der Waals surface area contributed by atoms with Crippen molar-refractivity contribution in [3.63, 3.8) is 0 Å². The molecule has 1 unspecified atom stereocenters. The quantitative estimate of drug-likeness (QED) is 0.516. The third kappa shape index (κ3) is 3.16. The first-order valence-corrected chi connectivity index (χ1v) is 8.19. The number of nitrogens with one attached hydrogen (secondary N) is 1. The molecule has 124 valence electrons. The molecule has 0 spiro atoms. The standard InChI is InChI=1S/C15H14N4O4S/c1-9-6-16-15-18(14(9)21)7-10(8-24-15)13(20)17-11-2-4-12(5-3-11)19(22)23/h2-6,10H,7-8H2,1H3,(H,17,20). The highest BCUT2D eigenvalue weighted by molar-refractivity contribution is 7.99. The number of non-ortho nitro benzene ring substituents is 1. The zero-order valence-electron chi connectivity index (χ0n) is 12.8. The van der Waals surface area contributed by atoms with Crippen LogP contribution in [0.5, 0.6) is 0 Å². The van der Waals surface area contributed by atoms with Crippen molar-refractivity contribution < 1.29 is 9.72 Å². The van der Waals surface area contributed by atoms with Crippen LogP contribution in [-0.4, -0.2) is 26.1 Å². The van der Waals surface area contributed by atoms with Gasteiger partial charge in [-0.3, -0.25) is 24.3 Å². The van der Waals surface area contributed by atoms with Gasteiger partial charge >= 0.3 is 0 Å². The number of amides is 1. The van der Waals surface area contributed by atoms with Crippen molar-refractivity contribution in [2.75, 3.05) is 11.1 Å². The maximum absolute atomic E-state index is 12.4. The second-order valence-electron chi connectivity index (χ2n) is 5.44. The number of carbonyl (C=O) groups is 1. The molecule has 1 aliphatic heterocycles. The molecule has 1 aromatic carbocycles. The van der Waals surface area contributed by atoms with Gasteiger partial charge in [-0.2, -0.15) is 0 Å². The number of hydrogen-bond acceptors (Lipinski definition) is 6. The van der Waals surface area contributed by atoms with E-state index in [9.17, 15) is 19.7 Å². The van der Waals surface area contributed by atoms with E-state index in [0.29, 0.717) is 22.2 Å². The van der Waals surface area contributed by atoms with Crippen molar-refractivity contribution >= 4 is 29.0 Å². The van der Waals surface area contributed by atoms with Crippen molar-refractivity contribution in [2.45, 2.75) is 18.6 Å². The van der Waals surface area contributed by atoms with Gasteiger partial charge in [-0.15, -0.1) is 0 Å². The number of anilines is 1. The van der Waals surface area contributed by atoms with Crippen LogP contribution in [0.3, 0.4) is 0 Å². The van der Waals surface area contributed by atoms with Gasteiger partial charge in [0.25, 0.3) is 11.2 Å².